The minimum absolute atomic E-state index is 0.141. The fraction of sp³-hybridized carbons (Fsp3) is 0.846. The Labute approximate surface area is 105 Å². The van der Waals surface area contributed by atoms with Gasteiger partial charge in [0.05, 0.1) is 12.5 Å². The average Bonchev–Trinajstić information content (AvgIpc) is 2.22. The van der Waals surface area contributed by atoms with Crippen LogP contribution in [0.1, 0.15) is 40.5 Å². The molecule has 0 aliphatic rings. The maximum Gasteiger partial charge on any atom is 0.223 e. The maximum absolute atomic E-state index is 11.9. The summed E-state index contributed by atoms with van der Waals surface area (Å²) in [6.45, 7) is 10.3. The molecule has 4 heteroatoms. The predicted molar refractivity (Wildman–Crippen MR) is 69.4 cm³/mol. The van der Waals surface area contributed by atoms with Crippen LogP contribution in [0, 0.1) is 17.2 Å². The Morgan fingerprint density at radius 3 is 2.47 bits per heavy atom. The van der Waals surface area contributed by atoms with Crippen LogP contribution in [-0.2, 0) is 4.79 Å². The summed E-state index contributed by atoms with van der Waals surface area (Å²) in [5.74, 6) is 0.581. The lowest BCUT2D eigenvalue weighted by atomic mass is 10.2. The normalized spacial score (nSPS) is 10.6. The molecule has 1 N–H and O–H groups in total. The molecule has 0 aromatic rings. The average molecular weight is 239 g/mol. The smallest absolute Gasteiger partial charge is 0.223 e. The van der Waals surface area contributed by atoms with E-state index in [1.165, 1.54) is 0 Å². The van der Waals surface area contributed by atoms with Gasteiger partial charge in [0.25, 0.3) is 0 Å². The fourth-order valence-corrected chi connectivity index (χ4v) is 1.57. The van der Waals surface area contributed by atoms with Crippen molar-refractivity contribution in [1.29, 1.82) is 5.26 Å². The van der Waals surface area contributed by atoms with E-state index >= 15 is 0 Å². The molecule has 0 aliphatic carbocycles. The molecule has 0 heterocycles. The van der Waals surface area contributed by atoms with Crippen molar-refractivity contribution < 1.29 is 4.79 Å². The van der Waals surface area contributed by atoms with Crippen molar-refractivity contribution in [1.82, 2.24) is 10.2 Å². The second kappa shape index (κ2) is 9.00. The van der Waals surface area contributed by atoms with Crippen molar-refractivity contribution in [2.24, 2.45) is 5.92 Å². The van der Waals surface area contributed by atoms with Gasteiger partial charge in [0.15, 0.2) is 0 Å². The summed E-state index contributed by atoms with van der Waals surface area (Å²) >= 11 is 0. The van der Waals surface area contributed by atoms with Gasteiger partial charge in [0.2, 0.25) is 5.91 Å². The number of hydrogen-bond donors (Lipinski definition) is 1. The van der Waals surface area contributed by atoms with Crippen LogP contribution >= 0.6 is 0 Å². The molecule has 0 saturated heterocycles. The molecule has 0 aromatic carbocycles. The van der Waals surface area contributed by atoms with Crippen LogP contribution in [0.5, 0.6) is 0 Å². The highest BCUT2D eigenvalue weighted by Crippen LogP contribution is 2.02. The molecule has 4 nitrogen and oxygen atoms in total. The number of nitrogens with one attached hydrogen (secondary N) is 1. The van der Waals surface area contributed by atoms with Crippen molar-refractivity contribution >= 4 is 5.91 Å². The minimum Gasteiger partial charge on any atom is -0.341 e. The van der Waals surface area contributed by atoms with Crippen LogP contribution in [0.3, 0.4) is 0 Å². The third-order valence-corrected chi connectivity index (χ3v) is 2.32. The lowest BCUT2D eigenvalue weighted by Gasteiger charge is -2.24. The minimum atomic E-state index is 0.141. The van der Waals surface area contributed by atoms with E-state index < -0.39 is 0 Å². The van der Waals surface area contributed by atoms with Crippen molar-refractivity contribution in [2.45, 2.75) is 46.6 Å². The van der Waals surface area contributed by atoms with Gasteiger partial charge in [-0.25, -0.2) is 0 Å². The molecule has 0 spiro atoms. The number of hydrogen-bond acceptors (Lipinski definition) is 3. The maximum atomic E-state index is 11.9. The van der Waals surface area contributed by atoms with Gasteiger partial charge in [-0.1, -0.05) is 27.7 Å². The fourth-order valence-electron chi connectivity index (χ4n) is 1.57. The van der Waals surface area contributed by atoms with E-state index in [1.54, 1.807) is 4.90 Å². The third-order valence-electron chi connectivity index (χ3n) is 2.32. The molecule has 0 radical (unpaired) electrons. The number of nitrogens with zero attached hydrogens (tertiary/aromatic N) is 2. The number of carbonyl (C=O) groups excluding carboxylic acids is 1. The van der Waals surface area contributed by atoms with Gasteiger partial charge in [0, 0.05) is 32.1 Å². The van der Waals surface area contributed by atoms with E-state index in [0.29, 0.717) is 37.9 Å². The lowest BCUT2D eigenvalue weighted by molar-refractivity contribution is -0.131. The zero-order chi connectivity index (χ0) is 13.3. The van der Waals surface area contributed by atoms with Crippen LogP contribution in [0.15, 0.2) is 0 Å². The van der Waals surface area contributed by atoms with Crippen molar-refractivity contribution in [3.63, 3.8) is 0 Å². The van der Waals surface area contributed by atoms with Gasteiger partial charge in [0.1, 0.15) is 0 Å². The predicted octanol–water partition coefficient (Wildman–Crippen LogP) is 1.77. The van der Waals surface area contributed by atoms with Gasteiger partial charge in [-0.3, -0.25) is 4.79 Å². The summed E-state index contributed by atoms with van der Waals surface area (Å²) in [4.78, 5) is 13.7. The number of nitriles is 1. The van der Waals surface area contributed by atoms with Crippen molar-refractivity contribution in [3.8, 4) is 6.07 Å². The van der Waals surface area contributed by atoms with Crippen LogP contribution in [0.25, 0.3) is 0 Å². The number of carbonyl (C=O) groups is 1. The van der Waals surface area contributed by atoms with Gasteiger partial charge in [-0.05, 0) is 5.92 Å². The molecule has 0 aliphatic heterocycles. The quantitative estimate of drug-likeness (QED) is 0.702. The molecule has 17 heavy (non-hydrogen) atoms. The summed E-state index contributed by atoms with van der Waals surface area (Å²) in [7, 11) is 0. The lowest BCUT2D eigenvalue weighted by Crippen LogP contribution is -2.37. The van der Waals surface area contributed by atoms with E-state index in [2.05, 4.69) is 39.1 Å². The van der Waals surface area contributed by atoms with E-state index in [9.17, 15) is 4.79 Å². The molecule has 0 unspecified atom stereocenters. The Morgan fingerprint density at radius 1 is 1.35 bits per heavy atom. The first-order chi connectivity index (χ1) is 7.97. The Bertz CT molecular complexity index is 256. The molecule has 0 bridgehead atoms. The topological polar surface area (TPSA) is 56.1 Å². The van der Waals surface area contributed by atoms with E-state index in [1.807, 2.05) is 0 Å². The van der Waals surface area contributed by atoms with Gasteiger partial charge < -0.3 is 10.2 Å². The molecule has 0 saturated carbocycles. The Hall–Kier alpha value is -1.08. The zero-order valence-corrected chi connectivity index (χ0v) is 11.5. The van der Waals surface area contributed by atoms with Gasteiger partial charge in [-0.15, -0.1) is 0 Å². The molecule has 1 amide bonds. The SMILES string of the molecule is CC(C)CN(CCC#N)C(=O)CCNC(C)C. The first kappa shape index (κ1) is 15.9. The van der Waals surface area contributed by atoms with Gasteiger partial charge >= 0.3 is 0 Å². The molecular weight excluding hydrogens is 214 g/mol. The van der Waals surface area contributed by atoms with Crippen LogP contribution in [-0.4, -0.2) is 36.5 Å². The first-order valence-electron chi connectivity index (χ1n) is 6.35. The highest BCUT2D eigenvalue weighted by atomic mass is 16.2. The molecule has 0 rings (SSSR count). The third kappa shape index (κ3) is 8.70. The molecular formula is C13H25N3O. The van der Waals surface area contributed by atoms with E-state index in [0.717, 1.165) is 6.54 Å². The largest absolute Gasteiger partial charge is 0.341 e. The van der Waals surface area contributed by atoms with Crippen molar-refractivity contribution in [3.05, 3.63) is 0 Å². The first-order valence-corrected chi connectivity index (χ1v) is 6.35. The number of amides is 1. The summed E-state index contributed by atoms with van der Waals surface area (Å²) < 4.78 is 0. The van der Waals surface area contributed by atoms with Crippen molar-refractivity contribution in [2.75, 3.05) is 19.6 Å². The Balaban J connectivity index is 4.08. The summed E-state index contributed by atoms with van der Waals surface area (Å²) in [5.41, 5.74) is 0. The van der Waals surface area contributed by atoms with E-state index in [4.69, 9.17) is 5.26 Å². The highest BCUT2D eigenvalue weighted by Gasteiger charge is 2.14. The standard InChI is InChI=1S/C13H25N3O/c1-11(2)10-16(9-5-7-14)13(17)6-8-15-12(3)4/h11-12,15H,5-6,8-10H2,1-4H3. The van der Waals surface area contributed by atoms with Crippen LogP contribution in [0.4, 0.5) is 0 Å². The monoisotopic (exact) mass is 239 g/mol. The highest BCUT2D eigenvalue weighted by molar-refractivity contribution is 5.76. The molecule has 0 fully saturated rings. The zero-order valence-electron chi connectivity index (χ0n) is 11.5. The van der Waals surface area contributed by atoms with E-state index in [-0.39, 0.29) is 5.91 Å². The summed E-state index contributed by atoms with van der Waals surface area (Å²) in [6.07, 6.45) is 0.923. The Morgan fingerprint density at radius 2 is 2.00 bits per heavy atom. The van der Waals surface area contributed by atoms with Gasteiger partial charge in [-0.2, -0.15) is 5.26 Å². The molecule has 0 atom stereocenters. The summed E-state index contributed by atoms with van der Waals surface area (Å²) in [5, 5.41) is 11.8. The number of rotatable bonds is 8. The summed E-state index contributed by atoms with van der Waals surface area (Å²) in [6, 6.07) is 2.49. The van der Waals surface area contributed by atoms with Crippen LogP contribution in [0.2, 0.25) is 0 Å². The molecule has 98 valence electrons. The van der Waals surface area contributed by atoms with Crippen LogP contribution < -0.4 is 5.32 Å². The second-order valence-corrected chi connectivity index (χ2v) is 5.00. The molecule has 0 aromatic heterocycles. The second-order valence-electron chi connectivity index (χ2n) is 5.00. The Kier molecular flexibility index (Phi) is 8.43.